The predicted molar refractivity (Wildman–Crippen MR) is 134 cm³/mol. The largest absolute Gasteiger partial charge is 0.381 e. The Bertz CT molecular complexity index is 1360. The van der Waals surface area contributed by atoms with Crippen LogP contribution in [0.25, 0.3) is 16.9 Å². The highest BCUT2D eigenvalue weighted by molar-refractivity contribution is 6.03. The highest BCUT2D eigenvalue weighted by Crippen LogP contribution is 2.37. The summed E-state index contributed by atoms with van der Waals surface area (Å²) in [5, 5.41) is 8.09. The van der Waals surface area contributed by atoms with Crippen LogP contribution in [0.2, 0.25) is 0 Å². The van der Waals surface area contributed by atoms with Crippen LogP contribution in [0.1, 0.15) is 59.8 Å². The number of imidazole rings is 1. The zero-order valence-corrected chi connectivity index (χ0v) is 20.3. The van der Waals surface area contributed by atoms with Crippen molar-refractivity contribution in [1.82, 2.24) is 19.2 Å². The third-order valence-electron chi connectivity index (χ3n) is 6.83. The van der Waals surface area contributed by atoms with Crippen molar-refractivity contribution in [2.24, 2.45) is 7.05 Å². The van der Waals surface area contributed by atoms with E-state index in [4.69, 9.17) is 4.74 Å². The van der Waals surface area contributed by atoms with Gasteiger partial charge < -0.3 is 10.1 Å². The van der Waals surface area contributed by atoms with Crippen molar-refractivity contribution in [3.05, 3.63) is 65.2 Å². The monoisotopic (exact) mass is 457 g/mol. The third-order valence-corrected chi connectivity index (χ3v) is 6.83. The molecule has 176 valence electrons. The summed E-state index contributed by atoms with van der Waals surface area (Å²) in [6, 6.07) is 8.25. The molecule has 1 N–H and O–H groups in total. The first-order valence-electron chi connectivity index (χ1n) is 12.0. The second kappa shape index (κ2) is 9.06. The molecule has 0 atom stereocenters. The molecule has 34 heavy (non-hydrogen) atoms. The minimum atomic E-state index is 0.0439. The minimum Gasteiger partial charge on any atom is -0.381 e. The number of ketones is 1. The molecule has 3 aromatic heterocycles. The Hall–Kier alpha value is -3.45. The molecular weight excluding hydrogens is 426 g/mol. The molecule has 0 radical (unpaired) electrons. The van der Waals surface area contributed by atoms with Gasteiger partial charge in [-0.1, -0.05) is 13.0 Å². The lowest BCUT2D eigenvalue weighted by atomic mass is 9.92. The van der Waals surface area contributed by atoms with Gasteiger partial charge in [-0.2, -0.15) is 5.10 Å². The van der Waals surface area contributed by atoms with E-state index >= 15 is 0 Å². The molecule has 1 saturated heterocycles. The summed E-state index contributed by atoms with van der Waals surface area (Å²) in [4.78, 5) is 17.6. The van der Waals surface area contributed by atoms with E-state index < -0.39 is 0 Å². The average Bonchev–Trinajstić information content (AvgIpc) is 3.41. The number of hydrogen-bond donors (Lipinski definition) is 1. The normalized spacial score (nSPS) is 14.6. The Kier molecular flexibility index (Phi) is 5.96. The molecule has 1 aromatic carbocycles. The molecule has 0 bridgehead atoms. The quantitative estimate of drug-likeness (QED) is 0.390. The standard InChI is InChI=1S/C27H31N5O2/c1-5-20-21(24-16-28-25-14-17(2)8-11-32(24)25)6-7-22(26(20)18(3)33)30-23-15-29-31(4)27(23)19-9-12-34-13-10-19/h6-8,11,14-16,19,30H,5,9-10,12-13H2,1-4H3. The number of carbonyl (C=O) groups is 1. The van der Waals surface area contributed by atoms with E-state index in [1.807, 2.05) is 36.4 Å². The summed E-state index contributed by atoms with van der Waals surface area (Å²) < 4.78 is 9.59. The van der Waals surface area contributed by atoms with Gasteiger partial charge >= 0.3 is 0 Å². The van der Waals surface area contributed by atoms with Gasteiger partial charge in [0.25, 0.3) is 0 Å². The SMILES string of the molecule is CCc1c(-c2cnc3cc(C)ccn23)ccc(Nc2cnn(C)c2C2CCOCC2)c1C(C)=O. The molecule has 0 spiro atoms. The summed E-state index contributed by atoms with van der Waals surface area (Å²) in [5.41, 5.74) is 8.78. The van der Waals surface area contributed by atoms with Crippen molar-refractivity contribution < 1.29 is 9.53 Å². The number of ether oxygens (including phenoxy) is 1. The lowest BCUT2D eigenvalue weighted by Crippen LogP contribution is -2.18. The van der Waals surface area contributed by atoms with E-state index in [1.165, 1.54) is 5.56 Å². The third kappa shape index (κ3) is 3.90. The summed E-state index contributed by atoms with van der Waals surface area (Å²) in [6.45, 7) is 7.33. The molecule has 4 aromatic rings. The second-order valence-electron chi connectivity index (χ2n) is 9.08. The minimum absolute atomic E-state index is 0.0439. The molecule has 7 nitrogen and oxygen atoms in total. The lowest BCUT2D eigenvalue weighted by Gasteiger charge is -2.24. The second-order valence-corrected chi connectivity index (χ2v) is 9.08. The van der Waals surface area contributed by atoms with Crippen LogP contribution in [0.15, 0.2) is 42.9 Å². The molecule has 0 aliphatic carbocycles. The first-order valence-corrected chi connectivity index (χ1v) is 12.0. The van der Waals surface area contributed by atoms with Crippen molar-refractivity contribution in [2.75, 3.05) is 18.5 Å². The van der Waals surface area contributed by atoms with Crippen molar-refractivity contribution in [3.63, 3.8) is 0 Å². The molecular formula is C27H31N5O2. The molecule has 7 heteroatoms. The van der Waals surface area contributed by atoms with Crippen LogP contribution in [-0.2, 0) is 18.2 Å². The van der Waals surface area contributed by atoms with Gasteiger partial charge in [-0.15, -0.1) is 0 Å². The van der Waals surface area contributed by atoms with Gasteiger partial charge in [0.1, 0.15) is 5.65 Å². The van der Waals surface area contributed by atoms with E-state index in [0.717, 1.165) is 77.6 Å². The molecule has 0 saturated carbocycles. The molecule has 5 rings (SSSR count). The smallest absolute Gasteiger partial charge is 0.162 e. The van der Waals surface area contributed by atoms with E-state index in [2.05, 4.69) is 51.8 Å². The van der Waals surface area contributed by atoms with Gasteiger partial charge in [0, 0.05) is 49.2 Å². The molecule has 0 unspecified atom stereocenters. The summed E-state index contributed by atoms with van der Waals surface area (Å²) >= 11 is 0. The number of pyridine rings is 1. The highest BCUT2D eigenvalue weighted by Gasteiger charge is 2.25. The average molecular weight is 458 g/mol. The van der Waals surface area contributed by atoms with Crippen molar-refractivity contribution in [2.45, 2.75) is 46.0 Å². The number of nitrogens with zero attached hydrogens (tertiary/aromatic N) is 4. The maximum Gasteiger partial charge on any atom is 0.162 e. The summed E-state index contributed by atoms with van der Waals surface area (Å²) in [7, 11) is 1.98. The Labute approximate surface area is 199 Å². The van der Waals surface area contributed by atoms with E-state index in [1.54, 1.807) is 6.92 Å². The fraction of sp³-hybridized carbons (Fsp3) is 0.370. The molecule has 4 heterocycles. The van der Waals surface area contributed by atoms with Crippen LogP contribution in [0.5, 0.6) is 0 Å². The summed E-state index contributed by atoms with van der Waals surface area (Å²) in [5.74, 6) is 0.429. The zero-order chi connectivity index (χ0) is 23.8. The number of benzene rings is 1. The van der Waals surface area contributed by atoms with E-state index in [-0.39, 0.29) is 5.78 Å². The molecule has 1 fully saturated rings. The Morgan fingerprint density at radius 2 is 1.97 bits per heavy atom. The number of anilines is 2. The summed E-state index contributed by atoms with van der Waals surface area (Å²) in [6.07, 6.45) is 8.48. The number of Topliss-reactive ketones (excluding diaryl/α,β-unsaturated/α-hetero) is 1. The number of hydrogen-bond acceptors (Lipinski definition) is 5. The first-order chi connectivity index (χ1) is 16.5. The van der Waals surface area contributed by atoms with Gasteiger partial charge in [-0.3, -0.25) is 13.9 Å². The number of carbonyl (C=O) groups excluding carboxylic acids is 1. The van der Waals surface area contributed by atoms with Crippen molar-refractivity contribution >= 4 is 22.8 Å². The van der Waals surface area contributed by atoms with Gasteiger partial charge in [0.05, 0.1) is 29.5 Å². The maximum atomic E-state index is 13.0. The Morgan fingerprint density at radius 3 is 2.71 bits per heavy atom. The highest BCUT2D eigenvalue weighted by atomic mass is 16.5. The topological polar surface area (TPSA) is 73.4 Å². The number of aryl methyl sites for hydroxylation is 2. The van der Waals surface area contributed by atoms with Crippen LogP contribution < -0.4 is 5.32 Å². The number of fused-ring (bicyclic) bond motifs is 1. The lowest BCUT2D eigenvalue weighted by molar-refractivity contribution is 0.0838. The fourth-order valence-corrected chi connectivity index (χ4v) is 5.19. The van der Waals surface area contributed by atoms with Crippen LogP contribution in [0.4, 0.5) is 11.4 Å². The Balaban J connectivity index is 1.59. The molecule has 1 aliphatic rings. The van der Waals surface area contributed by atoms with Gasteiger partial charge in [-0.05, 0) is 62.4 Å². The Morgan fingerprint density at radius 1 is 1.18 bits per heavy atom. The number of rotatable bonds is 6. The van der Waals surface area contributed by atoms with Gasteiger partial charge in [-0.25, -0.2) is 4.98 Å². The molecule has 1 aliphatic heterocycles. The van der Waals surface area contributed by atoms with Crippen LogP contribution in [0.3, 0.4) is 0 Å². The maximum absolute atomic E-state index is 13.0. The molecule has 0 amide bonds. The van der Waals surface area contributed by atoms with Crippen LogP contribution >= 0.6 is 0 Å². The van der Waals surface area contributed by atoms with E-state index in [9.17, 15) is 4.79 Å². The first kappa shape index (κ1) is 22.3. The van der Waals surface area contributed by atoms with Crippen LogP contribution in [-0.4, -0.2) is 38.2 Å². The van der Waals surface area contributed by atoms with Crippen molar-refractivity contribution in [1.29, 1.82) is 0 Å². The zero-order valence-electron chi connectivity index (χ0n) is 20.3. The predicted octanol–water partition coefficient (Wildman–Crippen LogP) is 5.45. The van der Waals surface area contributed by atoms with E-state index in [0.29, 0.717) is 5.92 Å². The fourth-order valence-electron chi connectivity index (χ4n) is 5.19. The van der Waals surface area contributed by atoms with Gasteiger partial charge in [0.2, 0.25) is 0 Å². The number of nitrogens with one attached hydrogen (secondary N) is 1. The van der Waals surface area contributed by atoms with Crippen molar-refractivity contribution in [3.8, 4) is 11.3 Å². The van der Waals surface area contributed by atoms with Crippen LogP contribution in [0, 0.1) is 6.92 Å². The van der Waals surface area contributed by atoms with Gasteiger partial charge in [0.15, 0.2) is 5.78 Å². The number of aromatic nitrogens is 4.